The Hall–Kier alpha value is -0.570. The van der Waals surface area contributed by atoms with Gasteiger partial charge in [0.2, 0.25) is 0 Å². The van der Waals surface area contributed by atoms with Crippen molar-refractivity contribution in [2.75, 3.05) is 13.6 Å². The smallest absolute Gasteiger partial charge is 0.0406 e. The fourth-order valence-electron chi connectivity index (χ4n) is 1.97. The van der Waals surface area contributed by atoms with Gasteiger partial charge in [0, 0.05) is 23.7 Å². The second-order valence-electron chi connectivity index (χ2n) is 4.87. The Morgan fingerprint density at radius 1 is 1.18 bits per heavy atom. The molecule has 0 aliphatic carbocycles. The van der Waals surface area contributed by atoms with Crippen LogP contribution in [0.2, 0.25) is 5.02 Å². The van der Waals surface area contributed by atoms with Crippen LogP contribution in [0.25, 0.3) is 0 Å². The highest BCUT2D eigenvalue weighted by molar-refractivity contribution is 6.30. The molecule has 0 atom stereocenters. The first-order valence-corrected chi connectivity index (χ1v) is 6.59. The van der Waals surface area contributed by atoms with Crippen molar-refractivity contribution in [1.82, 2.24) is 4.90 Å². The second-order valence-corrected chi connectivity index (χ2v) is 5.30. The summed E-state index contributed by atoms with van der Waals surface area (Å²) in [5.74, 6) is 0. The number of rotatable bonds is 6. The summed E-state index contributed by atoms with van der Waals surface area (Å²) in [6.07, 6.45) is 2.02. The molecule has 0 unspecified atom stereocenters. The van der Waals surface area contributed by atoms with Crippen molar-refractivity contribution in [2.45, 2.75) is 38.8 Å². The summed E-state index contributed by atoms with van der Waals surface area (Å²) in [5.41, 5.74) is 7.51. The van der Waals surface area contributed by atoms with Gasteiger partial charge in [-0.05, 0) is 37.6 Å². The van der Waals surface area contributed by atoms with E-state index in [1.807, 2.05) is 12.1 Å². The van der Waals surface area contributed by atoms with Crippen molar-refractivity contribution in [1.29, 1.82) is 0 Å². The molecule has 1 aromatic carbocycles. The van der Waals surface area contributed by atoms with Crippen LogP contribution in [-0.4, -0.2) is 24.0 Å². The number of likely N-dealkylation sites (N-methyl/N-ethyl adjacent to an activating group) is 1. The van der Waals surface area contributed by atoms with Crippen LogP contribution in [-0.2, 0) is 6.54 Å². The largest absolute Gasteiger partial charge is 0.324 e. The van der Waals surface area contributed by atoms with E-state index in [4.69, 9.17) is 17.3 Å². The molecule has 0 amide bonds. The van der Waals surface area contributed by atoms with Gasteiger partial charge in [-0.15, -0.1) is 0 Å². The Bertz CT molecular complexity index is 331. The molecule has 0 aliphatic heterocycles. The van der Waals surface area contributed by atoms with Crippen LogP contribution in [0.3, 0.4) is 0 Å². The lowest BCUT2D eigenvalue weighted by Crippen LogP contribution is -2.48. The number of nitrogens with zero attached hydrogens (tertiary/aromatic N) is 1. The van der Waals surface area contributed by atoms with Gasteiger partial charge in [-0.2, -0.15) is 0 Å². The van der Waals surface area contributed by atoms with E-state index in [0.717, 1.165) is 31.0 Å². The minimum atomic E-state index is -0.0683. The Morgan fingerprint density at radius 3 is 2.18 bits per heavy atom. The summed E-state index contributed by atoms with van der Waals surface area (Å²) in [6.45, 7) is 6.14. The molecule has 0 fully saturated rings. The van der Waals surface area contributed by atoms with Gasteiger partial charge in [-0.3, -0.25) is 0 Å². The van der Waals surface area contributed by atoms with Crippen molar-refractivity contribution in [3.63, 3.8) is 0 Å². The monoisotopic (exact) mass is 254 g/mol. The minimum Gasteiger partial charge on any atom is -0.324 e. The van der Waals surface area contributed by atoms with Crippen molar-refractivity contribution in [3.05, 3.63) is 34.9 Å². The molecular weight excluding hydrogens is 232 g/mol. The first-order valence-electron chi connectivity index (χ1n) is 6.21. The van der Waals surface area contributed by atoms with Gasteiger partial charge < -0.3 is 10.6 Å². The Balaban J connectivity index is 2.54. The molecule has 0 aromatic heterocycles. The van der Waals surface area contributed by atoms with Crippen LogP contribution < -0.4 is 5.73 Å². The zero-order chi connectivity index (χ0) is 12.9. The van der Waals surface area contributed by atoms with Gasteiger partial charge >= 0.3 is 0 Å². The molecule has 96 valence electrons. The molecule has 0 heterocycles. The maximum absolute atomic E-state index is 6.31. The Labute approximate surface area is 110 Å². The number of hydrogen-bond donors (Lipinski definition) is 1. The lowest BCUT2D eigenvalue weighted by atomic mass is 9.93. The maximum Gasteiger partial charge on any atom is 0.0406 e. The molecule has 2 N–H and O–H groups in total. The quantitative estimate of drug-likeness (QED) is 0.844. The number of hydrogen-bond acceptors (Lipinski definition) is 2. The Morgan fingerprint density at radius 2 is 1.71 bits per heavy atom. The average molecular weight is 255 g/mol. The molecule has 0 aliphatic rings. The first-order chi connectivity index (χ1) is 7.99. The van der Waals surface area contributed by atoms with E-state index < -0.39 is 0 Å². The van der Waals surface area contributed by atoms with Gasteiger partial charge in [0.25, 0.3) is 0 Å². The van der Waals surface area contributed by atoms with Crippen LogP contribution >= 0.6 is 11.6 Å². The number of nitrogens with two attached hydrogens (primary N) is 1. The molecule has 17 heavy (non-hydrogen) atoms. The minimum absolute atomic E-state index is 0.0683. The highest BCUT2D eigenvalue weighted by Crippen LogP contribution is 2.15. The van der Waals surface area contributed by atoms with E-state index in [1.165, 1.54) is 5.56 Å². The Kier molecular flexibility index (Phi) is 5.44. The summed E-state index contributed by atoms with van der Waals surface area (Å²) >= 11 is 5.87. The summed E-state index contributed by atoms with van der Waals surface area (Å²) in [6, 6.07) is 7.99. The molecule has 3 heteroatoms. The molecule has 0 spiro atoms. The topological polar surface area (TPSA) is 29.3 Å². The van der Waals surface area contributed by atoms with Crippen molar-refractivity contribution in [3.8, 4) is 0 Å². The molecule has 1 aromatic rings. The summed E-state index contributed by atoms with van der Waals surface area (Å²) in [7, 11) is 2.11. The summed E-state index contributed by atoms with van der Waals surface area (Å²) in [4.78, 5) is 2.27. The van der Waals surface area contributed by atoms with Crippen LogP contribution in [0.1, 0.15) is 32.3 Å². The van der Waals surface area contributed by atoms with Gasteiger partial charge in [0.1, 0.15) is 0 Å². The van der Waals surface area contributed by atoms with Crippen molar-refractivity contribution < 1.29 is 0 Å². The van der Waals surface area contributed by atoms with Gasteiger partial charge in [-0.1, -0.05) is 37.6 Å². The van der Waals surface area contributed by atoms with E-state index in [-0.39, 0.29) is 5.54 Å². The van der Waals surface area contributed by atoms with E-state index in [1.54, 1.807) is 0 Å². The number of halogens is 1. The molecule has 0 saturated heterocycles. The fraction of sp³-hybridized carbons (Fsp3) is 0.571. The molecule has 0 bridgehead atoms. The first kappa shape index (κ1) is 14.5. The third-order valence-electron chi connectivity index (χ3n) is 3.36. The maximum atomic E-state index is 6.31. The third kappa shape index (κ3) is 4.66. The third-order valence-corrected chi connectivity index (χ3v) is 3.61. The van der Waals surface area contributed by atoms with Crippen LogP contribution in [0.15, 0.2) is 24.3 Å². The number of benzene rings is 1. The fourth-order valence-corrected chi connectivity index (χ4v) is 2.09. The summed E-state index contributed by atoms with van der Waals surface area (Å²) in [5, 5.41) is 0.784. The molecule has 0 saturated carbocycles. The normalized spacial score (nSPS) is 12.1. The van der Waals surface area contributed by atoms with Gasteiger partial charge in [0.15, 0.2) is 0 Å². The van der Waals surface area contributed by atoms with E-state index in [2.05, 4.69) is 37.9 Å². The van der Waals surface area contributed by atoms with E-state index in [9.17, 15) is 0 Å². The van der Waals surface area contributed by atoms with Gasteiger partial charge in [-0.25, -0.2) is 0 Å². The standard InChI is InChI=1S/C14H23ClN2/c1-4-14(16,5-2)11-17(3)10-12-6-8-13(15)9-7-12/h6-9H,4-5,10-11,16H2,1-3H3. The zero-order valence-corrected chi connectivity index (χ0v) is 11.8. The van der Waals surface area contributed by atoms with Crippen molar-refractivity contribution >= 4 is 11.6 Å². The lowest BCUT2D eigenvalue weighted by Gasteiger charge is -2.32. The van der Waals surface area contributed by atoms with Crippen LogP contribution in [0, 0.1) is 0 Å². The molecule has 2 nitrogen and oxygen atoms in total. The molecular formula is C14H23ClN2. The zero-order valence-electron chi connectivity index (χ0n) is 11.0. The average Bonchev–Trinajstić information content (AvgIpc) is 2.32. The van der Waals surface area contributed by atoms with Crippen LogP contribution in [0.5, 0.6) is 0 Å². The van der Waals surface area contributed by atoms with E-state index >= 15 is 0 Å². The SMILES string of the molecule is CCC(N)(CC)CN(C)Cc1ccc(Cl)cc1. The highest BCUT2D eigenvalue weighted by Gasteiger charge is 2.21. The van der Waals surface area contributed by atoms with E-state index in [0.29, 0.717) is 0 Å². The molecule has 0 radical (unpaired) electrons. The predicted octanol–water partition coefficient (Wildman–Crippen LogP) is 3.29. The lowest BCUT2D eigenvalue weighted by molar-refractivity contribution is 0.228. The van der Waals surface area contributed by atoms with Gasteiger partial charge in [0.05, 0.1) is 0 Å². The molecule has 1 rings (SSSR count). The predicted molar refractivity (Wildman–Crippen MR) is 75.3 cm³/mol. The second kappa shape index (κ2) is 6.39. The van der Waals surface area contributed by atoms with Crippen LogP contribution in [0.4, 0.5) is 0 Å². The highest BCUT2D eigenvalue weighted by atomic mass is 35.5. The van der Waals surface area contributed by atoms with Crippen molar-refractivity contribution in [2.24, 2.45) is 5.73 Å². The summed E-state index contributed by atoms with van der Waals surface area (Å²) < 4.78 is 0.